The SMILES string of the molecule is NC1CCC(C[C@H]2C[C@@H]2C2=CCC3C=CC=CC3=C2)CC1. The van der Waals surface area contributed by atoms with Gasteiger partial charge in [0.15, 0.2) is 0 Å². The highest BCUT2D eigenvalue weighted by atomic mass is 14.6. The van der Waals surface area contributed by atoms with Gasteiger partial charge in [-0.3, -0.25) is 0 Å². The fraction of sp³-hybridized carbons (Fsp3) is 0.600. The molecule has 112 valence electrons. The first-order valence-corrected chi connectivity index (χ1v) is 8.81. The van der Waals surface area contributed by atoms with E-state index >= 15 is 0 Å². The summed E-state index contributed by atoms with van der Waals surface area (Å²) in [6.45, 7) is 0. The lowest BCUT2D eigenvalue weighted by atomic mass is 9.82. The Balaban J connectivity index is 1.33. The molecule has 0 bridgehead atoms. The van der Waals surface area contributed by atoms with Crippen LogP contribution in [-0.2, 0) is 0 Å². The summed E-state index contributed by atoms with van der Waals surface area (Å²) >= 11 is 0. The van der Waals surface area contributed by atoms with Crippen molar-refractivity contribution in [2.45, 2.75) is 51.0 Å². The third-order valence-electron chi connectivity index (χ3n) is 5.99. The minimum Gasteiger partial charge on any atom is -0.328 e. The van der Waals surface area contributed by atoms with Gasteiger partial charge in [0.2, 0.25) is 0 Å². The number of fused-ring (bicyclic) bond motifs is 1. The van der Waals surface area contributed by atoms with Crippen LogP contribution in [0.2, 0.25) is 0 Å². The molecule has 0 saturated heterocycles. The second kappa shape index (κ2) is 5.61. The van der Waals surface area contributed by atoms with Gasteiger partial charge in [0.25, 0.3) is 0 Å². The number of nitrogens with two attached hydrogens (primary N) is 1. The molecule has 2 N–H and O–H groups in total. The topological polar surface area (TPSA) is 26.0 Å². The summed E-state index contributed by atoms with van der Waals surface area (Å²) in [6, 6.07) is 0.491. The van der Waals surface area contributed by atoms with Crippen LogP contribution in [0.5, 0.6) is 0 Å². The van der Waals surface area contributed by atoms with E-state index in [4.69, 9.17) is 5.73 Å². The zero-order chi connectivity index (χ0) is 14.2. The predicted octanol–water partition coefficient (Wildman–Crippen LogP) is 4.53. The molecule has 1 nitrogen and oxygen atoms in total. The van der Waals surface area contributed by atoms with E-state index in [2.05, 4.69) is 36.5 Å². The average molecular weight is 281 g/mol. The summed E-state index contributed by atoms with van der Waals surface area (Å²) < 4.78 is 0. The van der Waals surface area contributed by atoms with E-state index in [1.165, 1.54) is 50.5 Å². The van der Waals surface area contributed by atoms with Gasteiger partial charge in [0.05, 0.1) is 0 Å². The van der Waals surface area contributed by atoms with E-state index in [9.17, 15) is 0 Å². The number of hydrogen-bond acceptors (Lipinski definition) is 1. The maximum absolute atomic E-state index is 6.02. The number of hydrogen-bond donors (Lipinski definition) is 1. The first-order valence-electron chi connectivity index (χ1n) is 8.81. The molecule has 3 atom stereocenters. The Kier molecular flexibility index (Phi) is 3.62. The molecule has 0 radical (unpaired) electrons. The molecular formula is C20H27N. The van der Waals surface area contributed by atoms with Crippen LogP contribution >= 0.6 is 0 Å². The minimum absolute atomic E-state index is 0.491. The smallest absolute Gasteiger partial charge is 0.00559 e. The lowest BCUT2D eigenvalue weighted by molar-refractivity contribution is 0.297. The highest BCUT2D eigenvalue weighted by Crippen LogP contribution is 2.51. The van der Waals surface area contributed by atoms with E-state index in [0.717, 1.165) is 17.8 Å². The average Bonchev–Trinajstić information content (AvgIpc) is 3.28. The maximum Gasteiger partial charge on any atom is 0.00559 e. The quantitative estimate of drug-likeness (QED) is 0.808. The van der Waals surface area contributed by atoms with Crippen LogP contribution in [0.1, 0.15) is 44.9 Å². The van der Waals surface area contributed by atoms with Crippen LogP contribution in [0.3, 0.4) is 0 Å². The van der Waals surface area contributed by atoms with Gasteiger partial charge in [-0.15, -0.1) is 0 Å². The number of rotatable bonds is 3. The van der Waals surface area contributed by atoms with Gasteiger partial charge < -0.3 is 5.73 Å². The van der Waals surface area contributed by atoms with Gasteiger partial charge in [-0.1, -0.05) is 36.5 Å². The van der Waals surface area contributed by atoms with Crippen molar-refractivity contribution in [2.24, 2.45) is 29.4 Å². The zero-order valence-electron chi connectivity index (χ0n) is 12.9. The van der Waals surface area contributed by atoms with Gasteiger partial charge in [-0.25, -0.2) is 0 Å². The Morgan fingerprint density at radius 2 is 1.90 bits per heavy atom. The summed E-state index contributed by atoms with van der Waals surface area (Å²) in [5, 5.41) is 0. The summed E-state index contributed by atoms with van der Waals surface area (Å²) in [6.07, 6.45) is 23.4. The second-order valence-corrected chi connectivity index (χ2v) is 7.55. The highest BCUT2D eigenvalue weighted by molar-refractivity contribution is 5.44. The minimum atomic E-state index is 0.491. The number of allylic oxidation sites excluding steroid dienone is 8. The van der Waals surface area contributed by atoms with Crippen molar-refractivity contribution < 1.29 is 0 Å². The normalized spacial score (nSPS) is 41.3. The van der Waals surface area contributed by atoms with Crippen molar-refractivity contribution in [3.63, 3.8) is 0 Å². The van der Waals surface area contributed by atoms with Crippen molar-refractivity contribution in [1.29, 1.82) is 0 Å². The van der Waals surface area contributed by atoms with E-state index in [1.54, 1.807) is 5.57 Å². The molecule has 0 aliphatic heterocycles. The van der Waals surface area contributed by atoms with Crippen molar-refractivity contribution in [1.82, 2.24) is 0 Å². The molecule has 0 aromatic rings. The molecule has 4 rings (SSSR count). The fourth-order valence-corrected chi connectivity index (χ4v) is 4.51. The van der Waals surface area contributed by atoms with Crippen LogP contribution < -0.4 is 5.73 Å². The Hall–Kier alpha value is -1.08. The van der Waals surface area contributed by atoms with Gasteiger partial charge in [0, 0.05) is 12.0 Å². The van der Waals surface area contributed by atoms with Crippen molar-refractivity contribution in [3.05, 3.63) is 47.6 Å². The van der Waals surface area contributed by atoms with Crippen LogP contribution in [0.4, 0.5) is 0 Å². The molecule has 0 aromatic carbocycles. The van der Waals surface area contributed by atoms with Gasteiger partial charge in [0.1, 0.15) is 0 Å². The summed E-state index contributed by atoms with van der Waals surface area (Å²) in [5.74, 6) is 3.44. The third-order valence-corrected chi connectivity index (χ3v) is 5.99. The molecule has 21 heavy (non-hydrogen) atoms. The molecule has 1 heteroatoms. The zero-order valence-corrected chi connectivity index (χ0v) is 12.9. The largest absolute Gasteiger partial charge is 0.328 e. The van der Waals surface area contributed by atoms with E-state index < -0.39 is 0 Å². The summed E-state index contributed by atoms with van der Waals surface area (Å²) in [5.41, 5.74) is 9.19. The molecule has 0 aromatic heterocycles. The first kappa shape index (κ1) is 13.6. The monoisotopic (exact) mass is 281 g/mol. The molecule has 4 aliphatic rings. The molecule has 2 fully saturated rings. The Morgan fingerprint density at radius 3 is 2.76 bits per heavy atom. The molecule has 0 spiro atoms. The molecule has 1 unspecified atom stereocenters. The molecular weight excluding hydrogens is 254 g/mol. The lowest BCUT2D eigenvalue weighted by Gasteiger charge is -2.26. The molecule has 2 saturated carbocycles. The third kappa shape index (κ3) is 2.94. The van der Waals surface area contributed by atoms with Crippen LogP contribution in [0.15, 0.2) is 47.6 Å². The van der Waals surface area contributed by atoms with Crippen molar-refractivity contribution in [3.8, 4) is 0 Å². The summed E-state index contributed by atoms with van der Waals surface area (Å²) in [7, 11) is 0. The predicted molar refractivity (Wildman–Crippen MR) is 88.7 cm³/mol. The molecule has 0 heterocycles. The lowest BCUT2D eigenvalue weighted by Crippen LogP contribution is -2.26. The highest BCUT2D eigenvalue weighted by Gasteiger charge is 2.41. The van der Waals surface area contributed by atoms with E-state index in [-0.39, 0.29) is 0 Å². The first-order chi connectivity index (χ1) is 10.3. The van der Waals surface area contributed by atoms with Gasteiger partial charge >= 0.3 is 0 Å². The second-order valence-electron chi connectivity index (χ2n) is 7.55. The summed E-state index contributed by atoms with van der Waals surface area (Å²) in [4.78, 5) is 0. The van der Waals surface area contributed by atoms with Gasteiger partial charge in [-0.05, 0) is 73.8 Å². The van der Waals surface area contributed by atoms with E-state index in [0.29, 0.717) is 12.0 Å². The van der Waals surface area contributed by atoms with E-state index in [1.807, 2.05) is 0 Å². The Labute approximate surface area is 128 Å². The Bertz CT molecular complexity index is 514. The van der Waals surface area contributed by atoms with Crippen molar-refractivity contribution >= 4 is 0 Å². The Morgan fingerprint density at radius 1 is 1.05 bits per heavy atom. The fourth-order valence-electron chi connectivity index (χ4n) is 4.51. The molecule has 4 aliphatic carbocycles. The molecule has 0 amide bonds. The van der Waals surface area contributed by atoms with Gasteiger partial charge in [-0.2, -0.15) is 0 Å². The van der Waals surface area contributed by atoms with Crippen molar-refractivity contribution in [2.75, 3.05) is 0 Å². The van der Waals surface area contributed by atoms with Crippen LogP contribution in [0, 0.1) is 23.7 Å². The standard InChI is InChI=1S/C20H27N/c21-19-9-5-14(6-10-19)11-18-13-20(18)17-8-7-15-3-1-2-4-16(15)12-17/h1-4,8,12,14-15,18-20H,5-7,9-11,13,21H2/t14?,15?,18-,19?,20+/m0/s1. The maximum atomic E-state index is 6.02. The van der Waals surface area contributed by atoms with Crippen LogP contribution in [-0.4, -0.2) is 6.04 Å². The van der Waals surface area contributed by atoms with Crippen LogP contribution in [0.25, 0.3) is 0 Å².